The summed E-state index contributed by atoms with van der Waals surface area (Å²) in [5, 5.41) is 15.1. The number of anilines is 1. The highest BCUT2D eigenvalue weighted by atomic mass is 32.1. The minimum absolute atomic E-state index is 0.0141. The van der Waals surface area contributed by atoms with Gasteiger partial charge in [-0.2, -0.15) is 0 Å². The molecule has 1 aromatic carbocycles. The van der Waals surface area contributed by atoms with Crippen LogP contribution in [0.5, 0.6) is 11.5 Å². The van der Waals surface area contributed by atoms with Crippen LogP contribution in [0.3, 0.4) is 0 Å². The van der Waals surface area contributed by atoms with Gasteiger partial charge in [-0.1, -0.05) is 38.0 Å². The van der Waals surface area contributed by atoms with E-state index in [1.54, 1.807) is 0 Å². The molecular formula is C20H24N4O4S. The first kappa shape index (κ1) is 19.6. The molecule has 0 saturated heterocycles. The summed E-state index contributed by atoms with van der Waals surface area (Å²) in [5.41, 5.74) is 0.837. The van der Waals surface area contributed by atoms with Crippen molar-refractivity contribution >= 4 is 28.3 Å². The zero-order chi connectivity index (χ0) is 20.4. The van der Waals surface area contributed by atoms with Gasteiger partial charge in [0.15, 0.2) is 11.5 Å². The van der Waals surface area contributed by atoms with E-state index in [-0.39, 0.29) is 30.4 Å². The predicted octanol–water partition coefficient (Wildman–Crippen LogP) is 3.20. The minimum Gasteiger partial charge on any atom is -0.454 e. The Morgan fingerprint density at radius 1 is 1.24 bits per heavy atom. The lowest BCUT2D eigenvalue weighted by Crippen LogP contribution is -2.50. The van der Waals surface area contributed by atoms with Gasteiger partial charge in [-0.15, -0.1) is 10.2 Å². The number of ether oxygens (including phenoxy) is 2. The smallest absolute Gasteiger partial charge is 0.249 e. The van der Waals surface area contributed by atoms with Crippen LogP contribution in [-0.4, -0.2) is 34.8 Å². The number of nitrogens with zero attached hydrogens (tertiary/aromatic N) is 2. The van der Waals surface area contributed by atoms with Gasteiger partial charge in [-0.25, -0.2) is 0 Å². The quantitative estimate of drug-likeness (QED) is 0.719. The molecule has 2 atom stereocenters. The molecule has 29 heavy (non-hydrogen) atoms. The van der Waals surface area contributed by atoms with Gasteiger partial charge in [0, 0.05) is 11.5 Å². The molecule has 1 aromatic heterocycles. The first-order valence-corrected chi connectivity index (χ1v) is 10.7. The first-order valence-electron chi connectivity index (χ1n) is 9.90. The van der Waals surface area contributed by atoms with Crippen molar-refractivity contribution in [2.24, 2.45) is 11.8 Å². The van der Waals surface area contributed by atoms with Crippen molar-refractivity contribution in [2.45, 2.75) is 45.6 Å². The summed E-state index contributed by atoms with van der Waals surface area (Å²) in [5.74, 6) is 1.12. The lowest BCUT2D eigenvalue weighted by Gasteiger charge is -2.29. The number of nitrogens with one attached hydrogen (secondary N) is 2. The average Bonchev–Trinajstić information content (AvgIpc) is 3.32. The molecule has 0 unspecified atom stereocenters. The van der Waals surface area contributed by atoms with Crippen molar-refractivity contribution in [1.82, 2.24) is 15.5 Å². The maximum Gasteiger partial charge on any atom is 0.249 e. The number of aromatic nitrogens is 2. The van der Waals surface area contributed by atoms with Crippen LogP contribution >= 0.6 is 11.3 Å². The molecule has 2 aliphatic rings. The predicted molar refractivity (Wildman–Crippen MR) is 109 cm³/mol. The zero-order valence-corrected chi connectivity index (χ0v) is 17.3. The Labute approximate surface area is 173 Å². The fourth-order valence-corrected chi connectivity index (χ4v) is 3.99. The van der Waals surface area contributed by atoms with Gasteiger partial charge < -0.3 is 14.8 Å². The van der Waals surface area contributed by atoms with Crippen molar-refractivity contribution < 1.29 is 19.1 Å². The highest BCUT2D eigenvalue weighted by molar-refractivity contribution is 7.18. The third-order valence-electron chi connectivity index (χ3n) is 5.54. The summed E-state index contributed by atoms with van der Waals surface area (Å²) in [6, 6.07) is 4.95. The largest absolute Gasteiger partial charge is 0.454 e. The zero-order valence-electron chi connectivity index (χ0n) is 16.4. The second-order valence-electron chi connectivity index (χ2n) is 7.47. The SMILES string of the molecule is CC[C@@H](C)[C@H](NC(=O)C1CCC1)C(=O)Nc1nnc(-c2ccc3c(c2)OCO3)s1. The van der Waals surface area contributed by atoms with Crippen LogP contribution in [0.15, 0.2) is 18.2 Å². The van der Waals surface area contributed by atoms with E-state index in [0.717, 1.165) is 31.2 Å². The van der Waals surface area contributed by atoms with E-state index in [1.165, 1.54) is 11.3 Å². The number of carbonyl (C=O) groups is 2. The van der Waals surface area contributed by atoms with Gasteiger partial charge >= 0.3 is 0 Å². The summed E-state index contributed by atoms with van der Waals surface area (Å²) in [4.78, 5) is 25.2. The van der Waals surface area contributed by atoms with E-state index in [1.807, 2.05) is 32.0 Å². The normalized spacial score (nSPS) is 17.3. The first-order chi connectivity index (χ1) is 14.0. The van der Waals surface area contributed by atoms with Crippen molar-refractivity contribution in [3.63, 3.8) is 0 Å². The lowest BCUT2D eigenvalue weighted by atomic mass is 9.84. The number of hydrogen-bond donors (Lipinski definition) is 2. The highest BCUT2D eigenvalue weighted by Gasteiger charge is 2.32. The fourth-order valence-electron chi connectivity index (χ4n) is 3.25. The van der Waals surface area contributed by atoms with Crippen LogP contribution in [0.25, 0.3) is 10.6 Å². The Bertz CT molecular complexity index is 912. The topological polar surface area (TPSA) is 102 Å². The summed E-state index contributed by atoms with van der Waals surface area (Å²) in [7, 11) is 0. The van der Waals surface area contributed by atoms with Gasteiger partial charge in [-0.05, 0) is 37.0 Å². The van der Waals surface area contributed by atoms with Gasteiger partial charge in [0.1, 0.15) is 11.0 Å². The second kappa shape index (κ2) is 8.36. The summed E-state index contributed by atoms with van der Waals surface area (Å²) in [6.45, 7) is 4.17. The average molecular weight is 417 g/mol. The fraction of sp³-hybridized carbons (Fsp3) is 0.500. The van der Waals surface area contributed by atoms with Crippen LogP contribution < -0.4 is 20.1 Å². The van der Waals surface area contributed by atoms with Crippen molar-refractivity contribution in [2.75, 3.05) is 12.1 Å². The summed E-state index contributed by atoms with van der Waals surface area (Å²) >= 11 is 1.27. The van der Waals surface area contributed by atoms with Crippen LogP contribution in [0.1, 0.15) is 39.5 Å². The second-order valence-corrected chi connectivity index (χ2v) is 8.45. The molecule has 4 rings (SSSR count). The van der Waals surface area contributed by atoms with Gasteiger partial charge in [0.2, 0.25) is 23.7 Å². The van der Waals surface area contributed by atoms with E-state index in [0.29, 0.717) is 21.6 Å². The number of amides is 2. The van der Waals surface area contributed by atoms with Gasteiger partial charge in [-0.3, -0.25) is 14.9 Å². The number of fused-ring (bicyclic) bond motifs is 1. The maximum absolute atomic E-state index is 12.9. The molecule has 2 amide bonds. The standard InChI is InChI=1S/C20H24N4O4S/c1-3-11(2)16(21-17(25)12-5-4-6-12)18(26)22-20-24-23-19(29-20)13-7-8-14-15(9-13)28-10-27-14/h7-9,11-12,16H,3-6,10H2,1-2H3,(H,21,25)(H,22,24,26)/t11-,16+/m1/s1. The van der Waals surface area contributed by atoms with Crippen molar-refractivity contribution in [1.29, 1.82) is 0 Å². The Balaban J connectivity index is 1.44. The molecule has 1 saturated carbocycles. The molecule has 1 aliphatic carbocycles. The van der Waals surface area contributed by atoms with Crippen LogP contribution in [0.2, 0.25) is 0 Å². The lowest BCUT2D eigenvalue weighted by molar-refractivity contribution is -0.132. The molecule has 2 heterocycles. The molecule has 2 aromatic rings. The maximum atomic E-state index is 12.9. The third kappa shape index (κ3) is 4.19. The summed E-state index contributed by atoms with van der Waals surface area (Å²) < 4.78 is 10.7. The van der Waals surface area contributed by atoms with Crippen molar-refractivity contribution in [3.8, 4) is 22.1 Å². The molecule has 0 spiro atoms. The Morgan fingerprint density at radius 3 is 2.76 bits per heavy atom. The third-order valence-corrected chi connectivity index (χ3v) is 6.43. The van der Waals surface area contributed by atoms with E-state index in [2.05, 4.69) is 20.8 Å². The number of hydrogen-bond acceptors (Lipinski definition) is 7. The van der Waals surface area contributed by atoms with E-state index in [4.69, 9.17) is 9.47 Å². The minimum atomic E-state index is -0.592. The molecule has 1 aliphatic heterocycles. The van der Waals surface area contributed by atoms with E-state index >= 15 is 0 Å². The number of carbonyl (C=O) groups excluding carboxylic acids is 2. The number of benzene rings is 1. The Morgan fingerprint density at radius 2 is 2.03 bits per heavy atom. The van der Waals surface area contributed by atoms with Crippen LogP contribution in [0.4, 0.5) is 5.13 Å². The molecule has 1 fully saturated rings. The molecule has 9 heteroatoms. The number of rotatable bonds is 7. The molecule has 8 nitrogen and oxygen atoms in total. The van der Waals surface area contributed by atoms with Gasteiger partial charge in [0.05, 0.1) is 0 Å². The highest BCUT2D eigenvalue weighted by Crippen LogP contribution is 2.37. The summed E-state index contributed by atoms with van der Waals surface area (Å²) in [6.07, 6.45) is 3.65. The molecule has 154 valence electrons. The molecule has 2 N–H and O–H groups in total. The Hall–Kier alpha value is -2.68. The molecular weight excluding hydrogens is 392 g/mol. The van der Waals surface area contributed by atoms with E-state index in [9.17, 15) is 9.59 Å². The van der Waals surface area contributed by atoms with Crippen LogP contribution in [-0.2, 0) is 9.59 Å². The van der Waals surface area contributed by atoms with E-state index < -0.39 is 6.04 Å². The van der Waals surface area contributed by atoms with Crippen molar-refractivity contribution in [3.05, 3.63) is 18.2 Å². The van der Waals surface area contributed by atoms with Crippen LogP contribution in [0, 0.1) is 11.8 Å². The molecule has 0 bridgehead atoms. The van der Waals surface area contributed by atoms with Gasteiger partial charge in [0.25, 0.3) is 0 Å². The molecule has 0 radical (unpaired) electrons. The monoisotopic (exact) mass is 416 g/mol. The Kier molecular flexibility index (Phi) is 5.66.